The number of hydrogen-bond acceptors (Lipinski definition) is 0. The second-order valence-electron chi connectivity index (χ2n) is 18.6. The summed E-state index contributed by atoms with van der Waals surface area (Å²) in [6.07, 6.45) is 0. The Hall–Kier alpha value is -8.09. The molecule has 13 rings (SSSR count). The molecule has 0 bridgehead atoms. The predicted octanol–water partition coefficient (Wildman–Crippen LogP) is 9.16. The van der Waals surface area contributed by atoms with Crippen molar-refractivity contribution < 1.29 is 0 Å². The van der Waals surface area contributed by atoms with Crippen molar-refractivity contribution in [3.05, 3.63) is 336 Å². The van der Waals surface area contributed by atoms with Gasteiger partial charge < -0.3 is 4.98 Å². The molecule has 2 aliphatic heterocycles. The summed E-state index contributed by atoms with van der Waals surface area (Å²) in [7, 11) is -6.62. The summed E-state index contributed by atoms with van der Waals surface area (Å²) in [6, 6.07) is 111. The minimum absolute atomic E-state index is 0.785. The maximum atomic E-state index is 4.82. The quantitative estimate of drug-likeness (QED) is 0.147. The van der Waals surface area contributed by atoms with Crippen molar-refractivity contribution in [1.82, 2.24) is 4.98 Å². The van der Waals surface area contributed by atoms with Gasteiger partial charge in [-0.3, -0.25) is 0 Å². The summed E-state index contributed by atoms with van der Waals surface area (Å²) in [4.78, 5) is 4.82. The smallest absolute Gasteiger partial charge is 0.199 e. The van der Waals surface area contributed by atoms with Crippen LogP contribution >= 0.6 is 0 Å². The molecule has 0 saturated heterocycles. The lowest BCUT2D eigenvalue weighted by Gasteiger charge is -2.52. The van der Waals surface area contributed by atoms with Gasteiger partial charge >= 0.3 is 0 Å². The van der Waals surface area contributed by atoms with Gasteiger partial charge in [-0.1, -0.05) is 291 Å². The van der Waals surface area contributed by atoms with Crippen LogP contribution < -0.4 is 41.8 Å². The van der Waals surface area contributed by atoms with E-state index < -0.39 is 27.0 Å². The van der Waals surface area contributed by atoms with Gasteiger partial charge in [-0.05, 0) is 75.6 Å². The van der Waals surface area contributed by atoms with Crippen LogP contribution in [0.3, 0.4) is 0 Å². The number of fused-ring (bicyclic) bond motifs is 5. The van der Waals surface area contributed by atoms with E-state index in [0.29, 0.717) is 0 Å². The molecule has 326 valence electrons. The average molecular weight is 912 g/mol. The summed E-state index contributed by atoms with van der Waals surface area (Å²) in [6.45, 7) is 0. The zero-order valence-electron chi connectivity index (χ0n) is 38.2. The van der Waals surface area contributed by atoms with E-state index in [2.05, 4.69) is 291 Å². The molecule has 3 heteroatoms. The number of hydrogen-bond donors (Lipinski definition) is 1. The van der Waals surface area contributed by atoms with Crippen LogP contribution in [0.1, 0.15) is 44.5 Å². The van der Waals surface area contributed by atoms with Crippen LogP contribution in [0.5, 0.6) is 0 Å². The normalized spacial score (nSPS) is 15.4. The van der Waals surface area contributed by atoms with Crippen molar-refractivity contribution in [1.29, 1.82) is 0 Å². The zero-order valence-corrected chi connectivity index (χ0v) is 40.2. The fourth-order valence-corrected chi connectivity index (χ4v) is 23.7. The maximum absolute atomic E-state index is 4.82. The van der Waals surface area contributed by atoms with Crippen LogP contribution in [-0.2, 0) is 10.8 Å². The van der Waals surface area contributed by atoms with Gasteiger partial charge in [0.1, 0.15) is 0 Å². The molecule has 0 spiro atoms. The summed E-state index contributed by atoms with van der Waals surface area (Å²) in [5, 5.41) is 10.9. The standard InChI is InChI=1S/C66H49NSi2/c1-9-29-49(30-10-1)65(50-31-11-2-12-32-50)57-45-25-27-47-59(57)68(53-37-17-5-18-38-53,54-39-19-6-20-40-54)63-61(65)62-64(67-63)69(55-41-21-7-22-42-55,56-43-23-8-24-44-56)60-48-28-26-46-58(60)66(62,51-33-13-3-14-34-51)52-35-15-4-16-36-52/h1-48,67H. The molecule has 69 heavy (non-hydrogen) atoms. The number of aromatic nitrogens is 1. The number of aromatic amines is 1. The highest BCUT2D eigenvalue weighted by atomic mass is 28.3. The Bertz CT molecular complexity index is 3180. The molecule has 1 N–H and O–H groups in total. The summed E-state index contributed by atoms with van der Waals surface area (Å²) in [5.41, 5.74) is 8.80. The summed E-state index contributed by atoms with van der Waals surface area (Å²) >= 11 is 0. The second kappa shape index (κ2) is 16.3. The van der Waals surface area contributed by atoms with Crippen molar-refractivity contribution in [2.75, 3.05) is 0 Å². The van der Waals surface area contributed by atoms with Gasteiger partial charge in [-0.2, -0.15) is 0 Å². The molecule has 0 radical (unpaired) electrons. The molecule has 0 aliphatic carbocycles. The highest BCUT2D eigenvalue weighted by molar-refractivity contribution is 7.22. The lowest BCUT2D eigenvalue weighted by molar-refractivity contribution is 0.689. The molecule has 0 unspecified atom stereocenters. The van der Waals surface area contributed by atoms with E-state index in [1.54, 1.807) is 0 Å². The molecule has 10 aromatic carbocycles. The summed E-state index contributed by atoms with van der Waals surface area (Å²) in [5.74, 6) is 0. The first-order valence-corrected chi connectivity index (χ1v) is 28.2. The molecule has 1 aromatic heterocycles. The van der Waals surface area contributed by atoms with E-state index in [0.717, 1.165) is 0 Å². The third-order valence-corrected chi connectivity index (χ3v) is 25.2. The average Bonchev–Trinajstić information content (AvgIpc) is 3.85. The van der Waals surface area contributed by atoms with Crippen molar-refractivity contribution in [3.63, 3.8) is 0 Å². The Morgan fingerprint density at radius 2 is 0.449 bits per heavy atom. The van der Waals surface area contributed by atoms with Gasteiger partial charge in [0.2, 0.25) is 0 Å². The van der Waals surface area contributed by atoms with Crippen molar-refractivity contribution in [2.45, 2.75) is 10.8 Å². The topological polar surface area (TPSA) is 15.8 Å². The van der Waals surface area contributed by atoms with Gasteiger partial charge in [0.25, 0.3) is 0 Å². The van der Waals surface area contributed by atoms with Gasteiger partial charge in [-0.15, -0.1) is 0 Å². The fraction of sp³-hybridized carbons (Fsp3) is 0.0303. The van der Waals surface area contributed by atoms with E-state index >= 15 is 0 Å². The lowest BCUT2D eigenvalue weighted by atomic mass is 9.58. The van der Waals surface area contributed by atoms with Gasteiger partial charge in [0, 0.05) is 10.6 Å². The van der Waals surface area contributed by atoms with Crippen LogP contribution in [0, 0.1) is 0 Å². The minimum Gasteiger partial charge on any atom is -0.367 e. The summed E-state index contributed by atoms with van der Waals surface area (Å²) < 4.78 is 0. The molecule has 0 atom stereocenters. The first-order valence-electron chi connectivity index (χ1n) is 24.2. The van der Waals surface area contributed by atoms with Crippen molar-refractivity contribution >= 4 is 57.9 Å². The second-order valence-corrected chi connectivity index (χ2v) is 26.0. The third kappa shape index (κ3) is 5.57. The molecular weight excluding hydrogens is 863 g/mol. The number of benzene rings is 10. The first kappa shape index (κ1) is 41.1. The monoisotopic (exact) mass is 911 g/mol. The number of nitrogens with one attached hydrogen (secondary N) is 1. The highest BCUT2D eigenvalue weighted by Crippen LogP contribution is 2.55. The van der Waals surface area contributed by atoms with Gasteiger partial charge in [-0.25, -0.2) is 0 Å². The molecule has 2 aliphatic rings. The molecule has 0 amide bonds. The Balaban J connectivity index is 1.40. The Labute approximate surface area is 407 Å². The third-order valence-electron chi connectivity index (χ3n) is 15.6. The molecule has 3 heterocycles. The predicted molar refractivity (Wildman–Crippen MR) is 292 cm³/mol. The number of H-pyrrole nitrogens is 1. The van der Waals surface area contributed by atoms with Crippen LogP contribution in [0.4, 0.5) is 0 Å². The highest BCUT2D eigenvalue weighted by Gasteiger charge is 2.64. The lowest BCUT2D eigenvalue weighted by Crippen LogP contribution is -2.81. The van der Waals surface area contributed by atoms with Gasteiger partial charge in [0.15, 0.2) is 16.1 Å². The van der Waals surface area contributed by atoms with E-state index in [4.69, 9.17) is 4.98 Å². The van der Waals surface area contributed by atoms with Crippen molar-refractivity contribution in [2.24, 2.45) is 0 Å². The van der Waals surface area contributed by atoms with E-state index in [1.807, 2.05) is 0 Å². The van der Waals surface area contributed by atoms with Crippen molar-refractivity contribution in [3.8, 4) is 0 Å². The Kier molecular flexibility index (Phi) is 9.72. The first-order chi connectivity index (χ1) is 34.3. The number of rotatable bonds is 8. The van der Waals surface area contributed by atoms with E-state index in [-0.39, 0.29) is 0 Å². The Morgan fingerprint density at radius 3 is 0.710 bits per heavy atom. The molecule has 0 fully saturated rings. The van der Waals surface area contributed by atoms with Crippen LogP contribution in [0.2, 0.25) is 0 Å². The van der Waals surface area contributed by atoms with E-state index in [1.165, 1.54) is 86.3 Å². The van der Waals surface area contributed by atoms with E-state index in [9.17, 15) is 0 Å². The maximum Gasteiger partial charge on any atom is 0.199 e. The molecular formula is C66H49NSi2. The molecule has 1 nitrogen and oxygen atoms in total. The fourth-order valence-electron chi connectivity index (χ4n) is 13.2. The van der Waals surface area contributed by atoms with Crippen LogP contribution in [0.15, 0.2) is 291 Å². The largest absolute Gasteiger partial charge is 0.367 e. The van der Waals surface area contributed by atoms with Crippen LogP contribution in [0.25, 0.3) is 0 Å². The zero-order chi connectivity index (χ0) is 45.9. The Morgan fingerprint density at radius 1 is 0.232 bits per heavy atom. The van der Waals surface area contributed by atoms with Crippen LogP contribution in [-0.4, -0.2) is 21.1 Å². The SMILES string of the molecule is c1ccc(C2(c3ccccc3)c3ccccc3[Si](c3ccccc3)(c3ccccc3)c3[nH]c4c(c32)C(c2ccccc2)(c2ccccc2)c2ccccc2[Si]4(c2ccccc2)c2ccccc2)cc1. The molecule has 0 saturated carbocycles. The van der Waals surface area contributed by atoms with Gasteiger partial charge in [0.05, 0.1) is 10.8 Å². The molecule has 11 aromatic rings. The minimum atomic E-state index is -3.31.